The molecule has 1 aromatic carbocycles. The number of nitrogens with one attached hydrogen (secondary N) is 2. The Labute approximate surface area is 86.1 Å². The lowest BCUT2D eigenvalue weighted by molar-refractivity contribution is 0.386. The summed E-state index contributed by atoms with van der Waals surface area (Å²) in [4.78, 5) is 0. The lowest BCUT2D eigenvalue weighted by Gasteiger charge is -2.25. The van der Waals surface area contributed by atoms with Crippen LogP contribution in [0.25, 0.3) is 0 Å². The molecule has 1 aliphatic rings. The summed E-state index contributed by atoms with van der Waals surface area (Å²) in [5, 5.41) is 15.6. The summed E-state index contributed by atoms with van der Waals surface area (Å²) >= 11 is 0. The van der Waals surface area contributed by atoms with E-state index in [1.54, 1.807) is 0 Å². The fourth-order valence-electron chi connectivity index (χ4n) is 1.77. The topological polar surface area (TPSA) is 44.3 Å². The molecule has 1 atom stereocenters. The minimum absolute atomic E-state index is 0.128. The molecule has 5 heteroatoms. The smallest absolute Gasteiger partial charge is 0.134 e. The molecule has 1 aliphatic heterocycles. The van der Waals surface area contributed by atoms with Crippen LogP contribution in [0.15, 0.2) is 12.1 Å². The van der Waals surface area contributed by atoms with Crippen molar-refractivity contribution >= 4 is 0 Å². The van der Waals surface area contributed by atoms with E-state index in [1.807, 2.05) is 0 Å². The SMILES string of the molecule is Oc1cc(F)cc(F)c1[C@@H]1CNCCN1. The van der Waals surface area contributed by atoms with Crippen LogP contribution in [-0.4, -0.2) is 24.7 Å². The number of phenols is 1. The van der Waals surface area contributed by atoms with Gasteiger partial charge in [0.1, 0.15) is 17.4 Å². The van der Waals surface area contributed by atoms with Crippen LogP contribution in [0.1, 0.15) is 11.6 Å². The number of piperazine rings is 1. The van der Waals surface area contributed by atoms with E-state index >= 15 is 0 Å². The molecule has 1 heterocycles. The molecular weight excluding hydrogens is 202 g/mol. The minimum atomic E-state index is -0.766. The van der Waals surface area contributed by atoms with E-state index in [9.17, 15) is 13.9 Å². The molecule has 0 saturated carbocycles. The van der Waals surface area contributed by atoms with Gasteiger partial charge in [0.25, 0.3) is 0 Å². The number of aromatic hydroxyl groups is 1. The molecule has 0 aliphatic carbocycles. The third-order valence-corrected chi connectivity index (χ3v) is 2.46. The summed E-state index contributed by atoms with van der Waals surface area (Å²) in [5.41, 5.74) is 0.128. The van der Waals surface area contributed by atoms with Crippen molar-refractivity contribution in [2.45, 2.75) is 6.04 Å². The standard InChI is InChI=1S/C10H12F2N2O/c11-6-3-7(12)10(9(15)4-6)8-5-13-1-2-14-8/h3-4,8,13-15H,1-2,5H2/t8-/m0/s1. The third kappa shape index (κ3) is 2.08. The fourth-order valence-corrected chi connectivity index (χ4v) is 1.77. The summed E-state index contributed by atoms with van der Waals surface area (Å²) in [6.07, 6.45) is 0. The van der Waals surface area contributed by atoms with Crippen LogP contribution in [0.4, 0.5) is 8.78 Å². The number of benzene rings is 1. The Morgan fingerprint density at radius 3 is 2.67 bits per heavy atom. The molecule has 0 amide bonds. The van der Waals surface area contributed by atoms with Crippen molar-refractivity contribution in [3.8, 4) is 5.75 Å². The second-order valence-electron chi connectivity index (χ2n) is 3.53. The van der Waals surface area contributed by atoms with E-state index in [0.29, 0.717) is 13.1 Å². The van der Waals surface area contributed by atoms with Crippen molar-refractivity contribution in [1.29, 1.82) is 0 Å². The van der Waals surface area contributed by atoms with Gasteiger partial charge in [-0.3, -0.25) is 0 Å². The molecule has 0 spiro atoms. The van der Waals surface area contributed by atoms with Gasteiger partial charge in [-0.2, -0.15) is 0 Å². The minimum Gasteiger partial charge on any atom is -0.507 e. The van der Waals surface area contributed by atoms with Crippen LogP contribution < -0.4 is 10.6 Å². The molecule has 1 fully saturated rings. The Balaban J connectivity index is 2.33. The average Bonchev–Trinajstić information content (AvgIpc) is 2.17. The highest BCUT2D eigenvalue weighted by Crippen LogP contribution is 2.28. The molecule has 15 heavy (non-hydrogen) atoms. The molecule has 0 unspecified atom stereocenters. The zero-order chi connectivity index (χ0) is 10.8. The predicted molar refractivity (Wildman–Crippen MR) is 51.6 cm³/mol. The third-order valence-electron chi connectivity index (χ3n) is 2.46. The molecule has 82 valence electrons. The van der Waals surface area contributed by atoms with Crippen LogP contribution in [0.3, 0.4) is 0 Å². The molecule has 1 saturated heterocycles. The van der Waals surface area contributed by atoms with Crippen molar-refractivity contribution in [3.05, 3.63) is 29.3 Å². The second kappa shape index (κ2) is 4.12. The van der Waals surface area contributed by atoms with Gasteiger partial charge in [0.15, 0.2) is 0 Å². The molecule has 0 aromatic heterocycles. The van der Waals surface area contributed by atoms with Crippen molar-refractivity contribution in [2.75, 3.05) is 19.6 Å². The van der Waals surface area contributed by atoms with E-state index in [2.05, 4.69) is 10.6 Å². The molecule has 3 nitrogen and oxygen atoms in total. The van der Waals surface area contributed by atoms with E-state index in [1.165, 1.54) is 0 Å². The van der Waals surface area contributed by atoms with Gasteiger partial charge in [0.2, 0.25) is 0 Å². The van der Waals surface area contributed by atoms with E-state index in [-0.39, 0.29) is 17.4 Å². The second-order valence-corrected chi connectivity index (χ2v) is 3.53. The molecule has 0 radical (unpaired) electrons. The summed E-state index contributed by atoms with van der Waals surface area (Å²) < 4.78 is 26.2. The molecular formula is C10H12F2N2O. The lowest BCUT2D eigenvalue weighted by Crippen LogP contribution is -2.43. The number of halogens is 2. The van der Waals surface area contributed by atoms with Crippen molar-refractivity contribution < 1.29 is 13.9 Å². The summed E-state index contributed by atoms with van der Waals surface area (Å²) in [6, 6.07) is 1.40. The number of hydrogen-bond donors (Lipinski definition) is 3. The number of hydrogen-bond acceptors (Lipinski definition) is 3. The Morgan fingerprint density at radius 1 is 1.27 bits per heavy atom. The molecule has 1 aromatic rings. The van der Waals surface area contributed by atoms with Crippen molar-refractivity contribution in [2.24, 2.45) is 0 Å². The Kier molecular flexibility index (Phi) is 2.83. The van der Waals surface area contributed by atoms with Gasteiger partial charge < -0.3 is 15.7 Å². The average molecular weight is 214 g/mol. The van der Waals surface area contributed by atoms with Crippen LogP contribution in [0.2, 0.25) is 0 Å². The maximum atomic E-state index is 13.4. The fraction of sp³-hybridized carbons (Fsp3) is 0.400. The summed E-state index contributed by atoms with van der Waals surface area (Å²) in [7, 11) is 0. The van der Waals surface area contributed by atoms with Crippen LogP contribution in [0.5, 0.6) is 5.75 Å². The Hall–Kier alpha value is -1.20. The van der Waals surface area contributed by atoms with Crippen LogP contribution >= 0.6 is 0 Å². The Bertz CT molecular complexity index is 341. The Morgan fingerprint density at radius 2 is 2.07 bits per heavy atom. The largest absolute Gasteiger partial charge is 0.507 e. The number of rotatable bonds is 1. The zero-order valence-corrected chi connectivity index (χ0v) is 8.06. The van der Waals surface area contributed by atoms with Crippen molar-refractivity contribution in [1.82, 2.24) is 10.6 Å². The first kappa shape index (κ1) is 10.3. The van der Waals surface area contributed by atoms with Crippen LogP contribution in [-0.2, 0) is 0 Å². The maximum Gasteiger partial charge on any atom is 0.134 e. The van der Waals surface area contributed by atoms with Crippen molar-refractivity contribution in [3.63, 3.8) is 0 Å². The first-order valence-corrected chi connectivity index (χ1v) is 4.80. The van der Waals surface area contributed by atoms with Gasteiger partial charge in [-0.15, -0.1) is 0 Å². The summed E-state index contributed by atoms with van der Waals surface area (Å²) in [6.45, 7) is 2.02. The lowest BCUT2D eigenvalue weighted by atomic mass is 10.0. The maximum absolute atomic E-state index is 13.4. The van der Waals surface area contributed by atoms with Gasteiger partial charge in [-0.1, -0.05) is 0 Å². The normalized spacial score (nSPS) is 21.6. The van der Waals surface area contributed by atoms with E-state index in [0.717, 1.165) is 18.7 Å². The van der Waals surface area contributed by atoms with E-state index < -0.39 is 11.6 Å². The van der Waals surface area contributed by atoms with Gasteiger partial charge >= 0.3 is 0 Å². The highest BCUT2D eigenvalue weighted by atomic mass is 19.1. The van der Waals surface area contributed by atoms with Gasteiger partial charge in [0.05, 0.1) is 6.04 Å². The highest BCUT2D eigenvalue weighted by Gasteiger charge is 2.22. The van der Waals surface area contributed by atoms with E-state index in [4.69, 9.17) is 0 Å². The van der Waals surface area contributed by atoms with Crippen LogP contribution in [0, 0.1) is 11.6 Å². The van der Waals surface area contributed by atoms with Gasteiger partial charge in [-0.25, -0.2) is 8.78 Å². The highest BCUT2D eigenvalue weighted by molar-refractivity contribution is 5.37. The zero-order valence-electron chi connectivity index (χ0n) is 8.06. The van der Waals surface area contributed by atoms with Gasteiger partial charge in [-0.05, 0) is 0 Å². The number of phenolic OH excluding ortho intramolecular Hbond substituents is 1. The molecule has 3 N–H and O–H groups in total. The first-order chi connectivity index (χ1) is 7.18. The molecule has 2 rings (SSSR count). The first-order valence-electron chi connectivity index (χ1n) is 4.80. The van der Waals surface area contributed by atoms with Gasteiger partial charge in [0, 0.05) is 37.3 Å². The summed E-state index contributed by atoms with van der Waals surface area (Å²) in [5.74, 6) is -1.82. The predicted octanol–water partition coefficient (Wildman–Crippen LogP) is 0.904. The quantitative estimate of drug-likeness (QED) is 0.651. The monoisotopic (exact) mass is 214 g/mol. The molecule has 0 bridgehead atoms.